The summed E-state index contributed by atoms with van der Waals surface area (Å²) in [5.41, 5.74) is 4.34. The van der Waals surface area contributed by atoms with E-state index in [-0.39, 0.29) is 0 Å². The van der Waals surface area contributed by atoms with Crippen LogP contribution >= 0.6 is 0 Å². The highest BCUT2D eigenvalue weighted by molar-refractivity contribution is 5.48. The van der Waals surface area contributed by atoms with Crippen LogP contribution in [0.4, 0.5) is 0 Å². The molecule has 0 fully saturated rings. The van der Waals surface area contributed by atoms with Crippen molar-refractivity contribution in [3.05, 3.63) is 77.4 Å². The van der Waals surface area contributed by atoms with Crippen molar-refractivity contribution in [2.24, 2.45) is 0 Å². The van der Waals surface area contributed by atoms with Crippen molar-refractivity contribution in [2.75, 3.05) is 13.6 Å². The third kappa shape index (κ3) is 3.43. The number of fused-ring (bicyclic) bond motifs is 1. The van der Waals surface area contributed by atoms with Crippen molar-refractivity contribution in [1.82, 2.24) is 4.90 Å². The van der Waals surface area contributed by atoms with Crippen LogP contribution in [0.25, 0.3) is 6.08 Å². The Morgan fingerprint density at radius 3 is 2.67 bits per heavy atom. The lowest BCUT2D eigenvalue weighted by atomic mass is 9.87. The number of hydrogen-bond donors (Lipinski definition) is 0. The van der Waals surface area contributed by atoms with E-state index in [1.165, 1.54) is 36.0 Å². The predicted octanol–water partition coefficient (Wildman–Crippen LogP) is 4.71. The molecule has 3 rings (SSSR count). The Bertz CT molecular complexity index is 600. The van der Waals surface area contributed by atoms with Crippen molar-refractivity contribution in [1.29, 1.82) is 0 Å². The lowest BCUT2D eigenvalue weighted by Crippen LogP contribution is -2.27. The summed E-state index contributed by atoms with van der Waals surface area (Å²) in [6.07, 6.45) is 8.29. The minimum absolute atomic E-state index is 0.565. The van der Waals surface area contributed by atoms with E-state index < -0.39 is 0 Å². The van der Waals surface area contributed by atoms with E-state index >= 15 is 0 Å². The highest BCUT2D eigenvalue weighted by Crippen LogP contribution is 2.33. The standard InChI is InChI=1S/C20H23N/c1-21(16-8-11-17-9-3-2-4-10-17)20-15-7-13-18-12-5-6-14-19(18)20/h2-6,8-12,14,20H,7,13,15-16H2,1H3/b11-8+. The van der Waals surface area contributed by atoms with Crippen molar-refractivity contribution in [2.45, 2.75) is 25.3 Å². The molecule has 21 heavy (non-hydrogen) atoms. The van der Waals surface area contributed by atoms with E-state index in [4.69, 9.17) is 0 Å². The zero-order valence-corrected chi connectivity index (χ0v) is 12.7. The summed E-state index contributed by atoms with van der Waals surface area (Å²) in [5.74, 6) is 0. The molecule has 0 radical (unpaired) electrons. The molecule has 0 saturated heterocycles. The summed E-state index contributed by atoms with van der Waals surface area (Å²) in [6.45, 7) is 0.994. The van der Waals surface area contributed by atoms with Crippen LogP contribution in [0.15, 0.2) is 60.7 Å². The SMILES string of the molecule is CN(C/C=C/c1ccccc1)C1CCCc2ccccc21. The maximum absolute atomic E-state index is 2.47. The number of aryl methyl sites for hydroxylation is 1. The highest BCUT2D eigenvalue weighted by Gasteiger charge is 2.22. The van der Waals surface area contributed by atoms with E-state index in [9.17, 15) is 0 Å². The first-order valence-electron chi connectivity index (χ1n) is 7.84. The van der Waals surface area contributed by atoms with Gasteiger partial charge in [-0.3, -0.25) is 4.90 Å². The Morgan fingerprint density at radius 1 is 1.05 bits per heavy atom. The molecule has 1 aliphatic rings. The maximum atomic E-state index is 2.47. The van der Waals surface area contributed by atoms with Gasteiger partial charge < -0.3 is 0 Å². The number of benzene rings is 2. The molecule has 0 heterocycles. The average Bonchev–Trinajstić information content (AvgIpc) is 2.55. The first-order chi connectivity index (χ1) is 10.3. The second-order valence-corrected chi connectivity index (χ2v) is 5.86. The smallest absolute Gasteiger partial charge is 0.0351 e. The maximum Gasteiger partial charge on any atom is 0.0351 e. The number of likely N-dealkylation sites (N-methyl/N-ethyl adjacent to an activating group) is 1. The Morgan fingerprint density at radius 2 is 1.81 bits per heavy atom. The van der Waals surface area contributed by atoms with Crippen molar-refractivity contribution >= 4 is 6.08 Å². The Balaban J connectivity index is 1.66. The summed E-state index contributed by atoms with van der Waals surface area (Å²) in [6, 6.07) is 20.0. The van der Waals surface area contributed by atoms with Crippen molar-refractivity contribution in [3.8, 4) is 0 Å². The summed E-state index contributed by atoms with van der Waals surface area (Å²) in [5, 5.41) is 0. The van der Waals surface area contributed by atoms with Crippen molar-refractivity contribution in [3.63, 3.8) is 0 Å². The zero-order valence-electron chi connectivity index (χ0n) is 12.7. The third-order valence-electron chi connectivity index (χ3n) is 4.37. The molecule has 1 unspecified atom stereocenters. The number of rotatable bonds is 4. The largest absolute Gasteiger partial charge is 0.296 e. The number of nitrogens with zero attached hydrogens (tertiary/aromatic N) is 1. The van der Waals surface area contributed by atoms with Gasteiger partial charge >= 0.3 is 0 Å². The van der Waals surface area contributed by atoms with E-state index in [1.54, 1.807) is 0 Å². The van der Waals surface area contributed by atoms with Gasteiger partial charge in [-0.15, -0.1) is 0 Å². The van der Waals surface area contributed by atoms with Crippen LogP contribution in [0.5, 0.6) is 0 Å². The molecule has 0 saturated carbocycles. The van der Waals surface area contributed by atoms with Crippen LogP contribution in [0, 0.1) is 0 Å². The van der Waals surface area contributed by atoms with Gasteiger partial charge in [-0.25, -0.2) is 0 Å². The van der Waals surface area contributed by atoms with E-state index in [0.717, 1.165) is 6.54 Å². The molecule has 1 aliphatic carbocycles. The first-order valence-corrected chi connectivity index (χ1v) is 7.84. The minimum atomic E-state index is 0.565. The lowest BCUT2D eigenvalue weighted by Gasteiger charge is -2.32. The Hall–Kier alpha value is -1.86. The van der Waals surface area contributed by atoms with Crippen LogP contribution < -0.4 is 0 Å². The van der Waals surface area contributed by atoms with Gasteiger partial charge in [0.15, 0.2) is 0 Å². The molecule has 0 amide bonds. The molecule has 0 spiro atoms. The second-order valence-electron chi connectivity index (χ2n) is 5.86. The van der Waals surface area contributed by atoms with E-state index in [0.29, 0.717) is 6.04 Å². The van der Waals surface area contributed by atoms with Gasteiger partial charge in [0.25, 0.3) is 0 Å². The summed E-state index contributed by atoms with van der Waals surface area (Å²) >= 11 is 0. The fourth-order valence-electron chi connectivity index (χ4n) is 3.23. The van der Waals surface area contributed by atoms with Crippen molar-refractivity contribution < 1.29 is 0 Å². The van der Waals surface area contributed by atoms with Gasteiger partial charge in [0.05, 0.1) is 0 Å². The molecular weight excluding hydrogens is 254 g/mol. The highest BCUT2D eigenvalue weighted by atomic mass is 15.1. The third-order valence-corrected chi connectivity index (χ3v) is 4.37. The van der Waals surface area contributed by atoms with Crippen LogP contribution in [0.1, 0.15) is 35.6 Å². The molecule has 1 nitrogen and oxygen atoms in total. The van der Waals surface area contributed by atoms with Gasteiger partial charge in [0.1, 0.15) is 0 Å². The lowest BCUT2D eigenvalue weighted by molar-refractivity contribution is 0.244. The average molecular weight is 277 g/mol. The molecule has 2 aromatic rings. The van der Waals surface area contributed by atoms with E-state index in [1.807, 2.05) is 0 Å². The van der Waals surface area contributed by atoms with Gasteiger partial charge in [0.2, 0.25) is 0 Å². The molecule has 0 N–H and O–H groups in total. The van der Waals surface area contributed by atoms with Crippen LogP contribution in [0.3, 0.4) is 0 Å². The molecule has 2 aromatic carbocycles. The minimum Gasteiger partial charge on any atom is -0.296 e. The van der Waals surface area contributed by atoms with Gasteiger partial charge in [-0.05, 0) is 43.0 Å². The zero-order chi connectivity index (χ0) is 14.5. The predicted molar refractivity (Wildman–Crippen MR) is 90.2 cm³/mol. The Kier molecular flexibility index (Phi) is 4.52. The van der Waals surface area contributed by atoms with Gasteiger partial charge in [-0.2, -0.15) is 0 Å². The molecular formula is C20H23N. The number of hydrogen-bond acceptors (Lipinski definition) is 1. The normalized spacial score (nSPS) is 18.1. The van der Waals surface area contributed by atoms with Gasteiger partial charge in [0, 0.05) is 12.6 Å². The summed E-state index contributed by atoms with van der Waals surface area (Å²) in [7, 11) is 2.24. The van der Waals surface area contributed by atoms with Crippen LogP contribution in [0.2, 0.25) is 0 Å². The monoisotopic (exact) mass is 277 g/mol. The molecule has 1 atom stereocenters. The molecule has 0 bridgehead atoms. The summed E-state index contributed by atoms with van der Waals surface area (Å²) in [4.78, 5) is 2.47. The van der Waals surface area contributed by atoms with E-state index in [2.05, 4.69) is 78.7 Å². The fraction of sp³-hybridized carbons (Fsp3) is 0.300. The second kappa shape index (κ2) is 6.73. The quantitative estimate of drug-likeness (QED) is 0.782. The Labute approximate surface area is 127 Å². The summed E-state index contributed by atoms with van der Waals surface area (Å²) < 4.78 is 0. The topological polar surface area (TPSA) is 3.24 Å². The fourth-order valence-corrected chi connectivity index (χ4v) is 3.23. The van der Waals surface area contributed by atoms with Gasteiger partial charge in [-0.1, -0.05) is 66.7 Å². The molecule has 108 valence electrons. The molecule has 0 aromatic heterocycles. The van der Waals surface area contributed by atoms with Crippen LogP contribution in [-0.2, 0) is 6.42 Å². The molecule has 0 aliphatic heterocycles. The first kappa shape index (κ1) is 14.1. The van der Waals surface area contributed by atoms with Crippen LogP contribution in [-0.4, -0.2) is 18.5 Å². The molecule has 1 heteroatoms.